The molecule has 2 aromatic carbocycles. The van der Waals surface area contributed by atoms with E-state index in [4.69, 9.17) is 9.47 Å². The summed E-state index contributed by atoms with van der Waals surface area (Å²) in [6, 6.07) is 15.1. The molecule has 0 N–H and O–H groups in total. The Bertz CT molecular complexity index is 1400. The molecule has 5 rings (SSSR count). The van der Waals surface area contributed by atoms with Crippen LogP contribution in [-0.2, 0) is 27.3 Å². The smallest absolute Gasteiger partial charge is 0.261 e. The number of amides is 2. The van der Waals surface area contributed by atoms with Crippen molar-refractivity contribution in [1.29, 1.82) is 0 Å². The normalized spacial score (nSPS) is 20.8. The molecule has 1 unspecified atom stereocenters. The van der Waals surface area contributed by atoms with Crippen molar-refractivity contribution in [3.05, 3.63) is 70.8 Å². The number of carbonyl (C=O) groups excluding carboxylic acids is 2. The number of hydrogen-bond donors (Lipinski definition) is 0. The monoisotopic (exact) mass is 532 g/mol. The van der Waals surface area contributed by atoms with Crippen LogP contribution >= 0.6 is 0 Å². The number of hydrogen-bond acceptors (Lipinski definition) is 6. The topological polar surface area (TPSA) is 94.0 Å². The Kier molecular flexibility index (Phi) is 7.97. The first kappa shape index (κ1) is 26.9. The third-order valence-corrected chi connectivity index (χ3v) is 7.69. The van der Waals surface area contributed by atoms with Gasteiger partial charge >= 0.3 is 0 Å². The van der Waals surface area contributed by atoms with E-state index in [1.54, 1.807) is 28.0 Å². The van der Waals surface area contributed by atoms with Crippen LogP contribution in [0.3, 0.4) is 0 Å². The van der Waals surface area contributed by atoms with Crippen LogP contribution in [0.4, 0.5) is 0 Å². The van der Waals surface area contributed by atoms with Crippen molar-refractivity contribution >= 4 is 22.7 Å². The Hall–Kier alpha value is -3.72. The van der Waals surface area contributed by atoms with Crippen LogP contribution in [0.5, 0.6) is 5.75 Å². The average Bonchev–Trinajstić information content (AvgIpc) is 2.94. The Balaban J connectivity index is 1.37. The van der Waals surface area contributed by atoms with Gasteiger partial charge in [0.2, 0.25) is 5.91 Å². The number of fused-ring (bicyclic) bond motifs is 2. The third kappa shape index (κ3) is 5.68. The Morgan fingerprint density at radius 2 is 1.82 bits per heavy atom. The van der Waals surface area contributed by atoms with Gasteiger partial charge in [0, 0.05) is 12.6 Å². The van der Waals surface area contributed by atoms with Crippen molar-refractivity contribution in [2.75, 3.05) is 32.8 Å². The predicted molar refractivity (Wildman–Crippen MR) is 148 cm³/mol. The molecule has 2 aliphatic rings. The minimum atomic E-state index is -1.14. The molecule has 0 bridgehead atoms. The van der Waals surface area contributed by atoms with Gasteiger partial charge in [0.25, 0.3) is 11.5 Å². The molecule has 3 aromatic rings. The van der Waals surface area contributed by atoms with E-state index in [0.29, 0.717) is 37.0 Å². The van der Waals surface area contributed by atoms with Crippen molar-refractivity contribution in [1.82, 2.24) is 19.4 Å². The first-order valence-electron chi connectivity index (χ1n) is 13.8. The highest BCUT2D eigenvalue weighted by Gasteiger charge is 2.47. The molecule has 3 heterocycles. The number of aromatic nitrogens is 2. The van der Waals surface area contributed by atoms with E-state index < -0.39 is 5.60 Å². The highest BCUT2D eigenvalue weighted by molar-refractivity contribution is 5.87. The maximum atomic E-state index is 14.1. The van der Waals surface area contributed by atoms with Crippen molar-refractivity contribution in [3.63, 3.8) is 0 Å². The maximum Gasteiger partial charge on any atom is 0.261 e. The molecule has 2 aliphatic heterocycles. The van der Waals surface area contributed by atoms with Crippen molar-refractivity contribution in [2.24, 2.45) is 0 Å². The summed E-state index contributed by atoms with van der Waals surface area (Å²) in [6.07, 6.45) is 4.40. The molecule has 1 atom stereocenters. The van der Waals surface area contributed by atoms with E-state index in [0.717, 1.165) is 30.6 Å². The van der Waals surface area contributed by atoms with E-state index in [1.807, 2.05) is 38.1 Å². The van der Waals surface area contributed by atoms with Gasteiger partial charge in [-0.1, -0.05) is 30.3 Å². The molecule has 1 spiro atoms. The number of rotatable bonds is 3. The lowest BCUT2D eigenvalue weighted by Crippen LogP contribution is -2.63. The summed E-state index contributed by atoms with van der Waals surface area (Å²) in [6.45, 7) is 5.39. The summed E-state index contributed by atoms with van der Waals surface area (Å²) >= 11 is 0. The number of aryl methyl sites for hydroxylation is 1. The largest absolute Gasteiger partial charge is 0.491 e. The highest BCUT2D eigenvalue weighted by atomic mass is 16.5. The van der Waals surface area contributed by atoms with Crippen LogP contribution in [0.15, 0.2) is 59.7 Å². The Labute approximate surface area is 228 Å². The standard InChI is InChI=1S/C30H36N4O5/c1-22(2)34-16-17-38-26-13-6-3-9-23(26)10-7-8-14-30(29(34)37)20-32(15-18-39-30)27(35)19-33-21-31-25-12-5-4-11-24(25)28(33)36/h3-6,9,11-13,21-22H,7-8,10,14-20H2,1-2H3. The molecule has 0 aliphatic carbocycles. The van der Waals surface area contributed by atoms with Crippen LogP contribution in [0.1, 0.15) is 38.7 Å². The van der Waals surface area contributed by atoms with E-state index in [-0.39, 0.29) is 43.1 Å². The molecular weight excluding hydrogens is 496 g/mol. The number of carbonyl (C=O) groups is 2. The van der Waals surface area contributed by atoms with Gasteiger partial charge in [0.1, 0.15) is 18.9 Å². The lowest BCUT2D eigenvalue weighted by molar-refractivity contribution is -0.178. The summed E-state index contributed by atoms with van der Waals surface area (Å²) in [4.78, 5) is 48.3. The molecule has 1 aromatic heterocycles. The third-order valence-electron chi connectivity index (χ3n) is 7.69. The molecule has 0 saturated carbocycles. The molecular formula is C30H36N4O5. The molecule has 9 nitrogen and oxygen atoms in total. The van der Waals surface area contributed by atoms with Gasteiger partial charge in [-0.15, -0.1) is 0 Å². The average molecular weight is 533 g/mol. The summed E-state index contributed by atoms with van der Waals surface area (Å²) < 4.78 is 13.7. The summed E-state index contributed by atoms with van der Waals surface area (Å²) in [5, 5.41) is 0.470. The van der Waals surface area contributed by atoms with Crippen molar-refractivity contribution in [3.8, 4) is 5.75 Å². The molecule has 1 saturated heterocycles. The molecule has 1 fully saturated rings. The number of benzene rings is 2. The molecule has 206 valence electrons. The van der Waals surface area contributed by atoms with Crippen molar-refractivity contribution in [2.45, 2.75) is 57.7 Å². The predicted octanol–water partition coefficient (Wildman–Crippen LogP) is 3.04. The number of ether oxygens (including phenoxy) is 2. The van der Waals surface area contributed by atoms with Crippen LogP contribution in [0, 0.1) is 0 Å². The minimum Gasteiger partial charge on any atom is -0.491 e. The number of nitrogens with zero attached hydrogens (tertiary/aromatic N) is 4. The number of morpholine rings is 1. The van der Waals surface area contributed by atoms with Crippen LogP contribution in [0.2, 0.25) is 0 Å². The molecule has 2 amide bonds. The Morgan fingerprint density at radius 1 is 1.03 bits per heavy atom. The van der Waals surface area contributed by atoms with Gasteiger partial charge in [0.05, 0.1) is 36.9 Å². The van der Waals surface area contributed by atoms with E-state index in [2.05, 4.69) is 11.1 Å². The van der Waals surface area contributed by atoms with Crippen LogP contribution in [0.25, 0.3) is 10.9 Å². The van der Waals surface area contributed by atoms with Gasteiger partial charge < -0.3 is 19.3 Å². The fourth-order valence-corrected chi connectivity index (χ4v) is 5.54. The SMILES string of the molecule is CC(C)N1CCOc2ccccc2CCCCC2(CN(C(=O)Cn3cnc4ccccc4c3=O)CCO2)C1=O. The fourth-order valence-electron chi connectivity index (χ4n) is 5.54. The quantitative estimate of drug-likeness (QED) is 0.515. The second kappa shape index (κ2) is 11.6. The van der Waals surface area contributed by atoms with Gasteiger partial charge in [0.15, 0.2) is 5.60 Å². The van der Waals surface area contributed by atoms with E-state index in [1.165, 1.54) is 10.9 Å². The van der Waals surface area contributed by atoms with E-state index in [9.17, 15) is 14.4 Å². The zero-order valence-corrected chi connectivity index (χ0v) is 22.7. The zero-order chi connectivity index (χ0) is 27.4. The lowest BCUT2D eigenvalue weighted by atomic mass is 9.90. The molecule has 39 heavy (non-hydrogen) atoms. The summed E-state index contributed by atoms with van der Waals surface area (Å²) in [5.41, 5.74) is 0.357. The summed E-state index contributed by atoms with van der Waals surface area (Å²) in [5.74, 6) is 0.522. The van der Waals surface area contributed by atoms with Gasteiger partial charge in [-0.25, -0.2) is 4.98 Å². The first-order valence-corrected chi connectivity index (χ1v) is 13.8. The van der Waals surface area contributed by atoms with Gasteiger partial charge in [-0.2, -0.15) is 0 Å². The fraction of sp³-hybridized carbons (Fsp3) is 0.467. The Morgan fingerprint density at radius 3 is 2.67 bits per heavy atom. The van der Waals surface area contributed by atoms with Crippen LogP contribution in [-0.4, -0.2) is 75.7 Å². The van der Waals surface area contributed by atoms with Crippen LogP contribution < -0.4 is 10.3 Å². The second-order valence-electron chi connectivity index (χ2n) is 10.6. The maximum absolute atomic E-state index is 14.1. The second-order valence-corrected chi connectivity index (χ2v) is 10.6. The minimum absolute atomic E-state index is 0.0620. The molecule has 9 heteroatoms. The van der Waals surface area contributed by atoms with Crippen molar-refractivity contribution < 1.29 is 19.1 Å². The van der Waals surface area contributed by atoms with Gasteiger partial charge in [-0.05, 0) is 63.3 Å². The summed E-state index contributed by atoms with van der Waals surface area (Å²) in [7, 11) is 0. The molecule has 0 radical (unpaired) electrons. The van der Waals surface area contributed by atoms with E-state index >= 15 is 0 Å². The number of para-hydroxylation sites is 2. The zero-order valence-electron chi connectivity index (χ0n) is 22.7. The van der Waals surface area contributed by atoms with Gasteiger partial charge in [-0.3, -0.25) is 19.0 Å². The highest BCUT2D eigenvalue weighted by Crippen LogP contribution is 2.30. The first-order chi connectivity index (χ1) is 18.9. The lowest BCUT2D eigenvalue weighted by Gasteiger charge is -2.45.